The number of anilines is 1. The number of hydrogen-bond acceptors (Lipinski definition) is 6. The van der Waals surface area contributed by atoms with E-state index in [1.165, 1.54) is 42.8 Å². The topological polar surface area (TPSA) is 115 Å². The quantitative estimate of drug-likeness (QED) is 0.603. The minimum Gasteiger partial charge on any atom is -0.310 e. The Morgan fingerprint density at radius 3 is 2.03 bits per heavy atom. The molecular formula is C21H23N3O5S2. The predicted octanol–water partition coefficient (Wildman–Crippen LogP) is 2.68. The second-order valence-corrected chi connectivity index (χ2v) is 12.1. The highest BCUT2D eigenvalue weighted by atomic mass is 32.2. The molecule has 0 saturated carbocycles. The van der Waals surface area contributed by atoms with Crippen molar-refractivity contribution in [3.63, 3.8) is 0 Å². The van der Waals surface area contributed by atoms with Gasteiger partial charge in [0.15, 0.2) is 19.7 Å². The summed E-state index contributed by atoms with van der Waals surface area (Å²) in [7, 11) is -5.94. The first-order chi connectivity index (χ1) is 14.3. The van der Waals surface area contributed by atoms with Crippen LogP contribution in [0, 0.1) is 0 Å². The molecule has 0 aliphatic carbocycles. The summed E-state index contributed by atoms with van der Waals surface area (Å²) in [6, 6.07) is 15.8. The van der Waals surface area contributed by atoms with Gasteiger partial charge in [-0.3, -0.25) is 9.48 Å². The van der Waals surface area contributed by atoms with Crippen LogP contribution in [0.5, 0.6) is 0 Å². The van der Waals surface area contributed by atoms with E-state index in [-0.39, 0.29) is 9.79 Å². The SMILES string of the molecule is Cn1nc(-c2ccccc2)cc1NC(=O)C(C)(C)S(=O)(=O)c1ccc(S(C)(=O)=O)cc1. The summed E-state index contributed by atoms with van der Waals surface area (Å²) in [5.74, 6) is -0.387. The number of hydrogen-bond donors (Lipinski definition) is 1. The maximum Gasteiger partial charge on any atom is 0.246 e. The molecule has 2 aromatic carbocycles. The number of aromatic nitrogens is 2. The lowest BCUT2D eigenvalue weighted by Crippen LogP contribution is -2.44. The van der Waals surface area contributed by atoms with Gasteiger partial charge in [-0.2, -0.15) is 5.10 Å². The van der Waals surface area contributed by atoms with Gasteiger partial charge in [-0.1, -0.05) is 30.3 Å². The van der Waals surface area contributed by atoms with E-state index in [0.717, 1.165) is 11.8 Å². The number of nitrogens with zero attached hydrogens (tertiary/aromatic N) is 2. The molecule has 0 bridgehead atoms. The van der Waals surface area contributed by atoms with Crippen LogP contribution in [-0.4, -0.2) is 43.5 Å². The fourth-order valence-electron chi connectivity index (χ4n) is 2.88. The van der Waals surface area contributed by atoms with Crippen LogP contribution in [0.25, 0.3) is 11.3 Å². The van der Waals surface area contributed by atoms with Crippen LogP contribution < -0.4 is 5.32 Å². The van der Waals surface area contributed by atoms with Gasteiger partial charge in [0.25, 0.3) is 0 Å². The van der Waals surface area contributed by atoms with E-state index < -0.39 is 30.3 Å². The van der Waals surface area contributed by atoms with Crippen LogP contribution in [0.3, 0.4) is 0 Å². The Balaban J connectivity index is 1.88. The molecule has 0 aliphatic heterocycles. The first kappa shape index (κ1) is 22.7. The molecule has 0 spiro atoms. The zero-order valence-electron chi connectivity index (χ0n) is 17.5. The van der Waals surface area contributed by atoms with Crippen LogP contribution in [0.1, 0.15) is 13.8 Å². The summed E-state index contributed by atoms with van der Waals surface area (Å²) < 4.78 is 49.1. The smallest absolute Gasteiger partial charge is 0.246 e. The molecule has 3 rings (SSSR count). The molecule has 0 aliphatic rings. The Morgan fingerprint density at radius 1 is 0.935 bits per heavy atom. The van der Waals surface area contributed by atoms with E-state index >= 15 is 0 Å². The molecule has 0 unspecified atom stereocenters. The minimum atomic E-state index is -4.11. The number of carbonyl (C=O) groups excluding carboxylic acids is 1. The Bertz CT molecular complexity index is 1330. The Kier molecular flexibility index (Phi) is 5.81. The molecule has 8 nitrogen and oxygen atoms in total. The number of sulfone groups is 2. The first-order valence-electron chi connectivity index (χ1n) is 9.30. The van der Waals surface area contributed by atoms with E-state index in [2.05, 4.69) is 10.4 Å². The van der Waals surface area contributed by atoms with E-state index in [1.54, 1.807) is 13.1 Å². The van der Waals surface area contributed by atoms with Crippen molar-refractivity contribution in [2.45, 2.75) is 28.4 Å². The largest absolute Gasteiger partial charge is 0.310 e. The van der Waals surface area contributed by atoms with E-state index in [9.17, 15) is 21.6 Å². The average Bonchev–Trinajstić information content (AvgIpc) is 3.08. The highest BCUT2D eigenvalue weighted by molar-refractivity contribution is 7.93. The van der Waals surface area contributed by atoms with Crippen molar-refractivity contribution in [2.75, 3.05) is 11.6 Å². The summed E-state index contributed by atoms with van der Waals surface area (Å²) in [6.45, 7) is 2.60. The number of aryl methyl sites for hydroxylation is 1. The molecule has 3 aromatic rings. The molecule has 164 valence electrons. The summed E-state index contributed by atoms with van der Waals surface area (Å²) in [4.78, 5) is 12.8. The molecule has 10 heteroatoms. The summed E-state index contributed by atoms with van der Waals surface area (Å²) in [5.41, 5.74) is 1.49. The molecule has 1 heterocycles. The second kappa shape index (κ2) is 7.93. The average molecular weight is 462 g/mol. The van der Waals surface area contributed by atoms with Crippen LogP contribution in [0.2, 0.25) is 0 Å². The molecule has 0 radical (unpaired) electrons. The van der Waals surface area contributed by atoms with Crippen molar-refractivity contribution in [1.82, 2.24) is 9.78 Å². The normalized spacial score (nSPS) is 12.5. The van der Waals surface area contributed by atoms with Crippen LogP contribution in [0.4, 0.5) is 5.82 Å². The van der Waals surface area contributed by atoms with Gasteiger partial charge >= 0.3 is 0 Å². The zero-order chi connectivity index (χ0) is 23.0. The number of carbonyl (C=O) groups is 1. The second-order valence-electron chi connectivity index (χ2n) is 7.62. The van der Waals surface area contributed by atoms with Crippen LogP contribution >= 0.6 is 0 Å². The standard InChI is InChI=1S/C21H23N3O5S2/c1-21(2,31(28,29)17-12-10-16(11-13-17)30(4,26)27)20(25)22-19-14-18(23-24(19)3)15-8-6-5-7-9-15/h5-14H,1-4H3,(H,22,25). The third-order valence-electron chi connectivity index (χ3n) is 4.97. The molecule has 0 saturated heterocycles. The van der Waals surface area contributed by atoms with Crippen molar-refractivity contribution in [1.29, 1.82) is 0 Å². The number of nitrogens with one attached hydrogen (secondary N) is 1. The lowest BCUT2D eigenvalue weighted by Gasteiger charge is -2.24. The van der Waals surface area contributed by atoms with Gasteiger partial charge < -0.3 is 5.32 Å². The Labute approximate surface area is 181 Å². The lowest BCUT2D eigenvalue weighted by atomic mass is 10.1. The van der Waals surface area contributed by atoms with Gasteiger partial charge in [0.1, 0.15) is 10.6 Å². The summed E-state index contributed by atoms with van der Waals surface area (Å²) >= 11 is 0. The summed E-state index contributed by atoms with van der Waals surface area (Å²) in [5, 5.41) is 7.00. The highest BCUT2D eigenvalue weighted by Crippen LogP contribution is 2.29. The number of amides is 1. The van der Waals surface area contributed by atoms with Crippen LogP contribution in [0.15, 0.2) is 70.5 Å². The van der Waals surface area contributed by atoms with Gasteiger partial charge in [0, 0.05) is 24.9 Å². The fourth-order valence-corrected chi connectivity index (χ4v) is 4.89. The number of benzene rings is 2. The summed E-state index contributed by atoms with van der Waals surface area (Å²) in [6.07, 6.45) is 1.03. The molecular weight excluding hydrogens is 438 g/mol. The lowest BCUT2D eigenvalue weighted by molar-refractivity contribution is -0.117. The van der Waals surface area contributed by atoms with Gasteiger partial charge in [0.05, 0.1) is 15.5 Å². The Morgan fingerprint density at radius 2 is 1.48 bits per heavy atom. The third-order valence-corrected chi connectivity index (χ3v) is 8.52. The molecule has 1 aromatic heterocycles. The maximum atomic E-state index is 13.1. The van der Waals surface area contributed by atoms with E-state index in [1.807, 2.05) is 30.3 Å². The molecule has 1 amide bonds. The van der Waals surface area contributed by atoms with Crippen molar-refractivity contribution >= 4 is 31.4 Å². The third kappa shape index (κ3) is 4.40. The molecule has 0 atom stereocenters. The van der Waals surface area contributed by atoms with Gasteiger partial charge in [0.2, 0.25) is 5.91 Å². The Hall–Kier alpha value is -2.98. The van der Waals surface area contributed by atoms with Crippen molar-refractivity contribution in [3.05, 3.63) is 60.7 Å². The van der Waals surface area contributed by atoms with Crippen molar-refractivity contribution in [3.8, 4) is 11.3 Å². The van der Waals surface area contributed by atoms with Gasteiger partial charge in [-0.25, -0.2) is 16.8 Å². The van der Waals surface area contributed by atoms with Gasteiger partial charge in [-0.15, -0.1) is 0 Å². The molecule has 1 N–H and O–H groups in total. The fraction of sp³-hybridized carbons (Fsp3) is 0.238. The van der Waals surface area contributed by atoms with Crippen LogP contribution in [-0.2, 0) is 31.5 Å². The first-order valence-corrected chi connectivity index (χ1v) is 12.7. The monoisotopic (exact) mass is 461 g/mol. The van der Waals surface area contributed by atoms with Crippen molar-refractivity contribution < 1.29 is 21.6 Å². The van der Waals surface area contributed by atoms with Gasteiger partial charge in [-0.05, 0) is 38.1 Å². The maximum absolute atomic E-state index is 13.1. The van der Waals surface area contributed by atoms with E-state index in [0.29, 0.717) is 11.5 Å². The zero-order valence-corrected chi connectivity index (χ0v) is 19.2. The molecule has 31 heavy (non-hydrogen) atoms. The number of rotatable bonds is 6. The highest BCUT2D eigenvalue weighted by Gasteiger charge is 2.43. The van der Waals surface area contributed by atoms with E-state index in [4.69, 9.17) is 0 Å². The predicted molar refractivity (Wildman–Crippen MR) is 118 cm³/mol. The minimum absolute atomic E-state index is 0.00275. The molecule has 0 fully saturated rings. The van der Waals surface area contributed by atoms with Crippen molar-refractivity contribution in [2.24, 2.45) is 7.05 Å².